The maximum Gasteiger partial charge on any atom is 0.405 e. The fraction of sp³-hybridized carbons (Fsp3) is 0.562. The van der Waals surface area contributed by atoms with Crippen LogP contribution >= 0.6 is 0 Å². The van der Waals surface area contributed by atoms with Gasteiger partial charge in [0.2, 0.25) is 0 Å². The Kier molecular flexibility index (Phi) is 4.33. The zero-order chi connectivity index (χ0) is 14.8. The topological polar surface area (TPSA) is 61.4 Å². The maximum atomic E-state index is 10.8. The molecule has 0 aromatic heterocycles. The lowest BCUT2D eigenvalue weighted by Gasteiger charge is -2.26. The van der Waals surface area contributed by atoms with Gasteiger partial charge in [-0.3, -0.25) is 0 Å². The van der Waals surface area contributed by atoms with Crippen molar-refractivity contribution < 1.29 is 9.90 Å². The van der Waals surface area contributed by atoms with Gasteiger partial charge in [-0.25, -0.2) is 4.79 Å². The van der Waals surface area contributed by atoms with Crippen molar-refractivity contribution in [2.75, 3.05) is 0 Å². The molecule has 0 saturated carbocycles. The molecule has 1 aromatic rings. The van der Waals surface area contributed by atoms with Gasteiger partial charge in [0.1, 0.15) is 0 Å². The fourth-order valence-corrected chi connectivity index (χ4v) is 2.64. The molecule has 1 aliphatic carbocycles. The third-order valence-corrected chi connectivity index (χ3v) is 3.64. The normalized spacial score (nSPS) is 18.4. The molecule has 2 rings (SSSR count). The van der Waals surface area contributed by atoms with E-state index in [9.17, 15) is 4.79 Å². The molecule has 1 unspecified atom stereocenters. The van der Waals surface area contributed by atoms with Gasteiger partial charge in [0.25, 0.3) is 0 Å². The number of aryl methyl sites for hydroxylation is 1. The van der Waals surface area contributed by atoms with Crippen LogP contribution in [0.2, 0.25) is 0 Å². The van der Waals surface area contributed by atoms with Crippen molar-refractivity contribution in [3.05, 3.63) is 34.9 Å². The lowest BCUT2D eigenvalue weighted by molar-refractivity contribution is 0.188. The summed E-state index contributed by atoms with van der Waals surface area (Å²) in [5.74, 6) is 0. The van der Waals surface area contributed by atoms with Crippen LogP contribution in [-0.2, 0) is 13.0 Å². The monoisotopic (exact) mass is 276 g/mol. The largest absolute Gasteiger partial charge is 0.465 e. The minimum absolute atomic E-state index is 0.0547. The molecule has 1 aromatic carbocycles. The number of carbonyl (C=O) groups is 1. The molecule has 4 nitrogen and oxygen atoms in total. The summed E-state index contributed by atoms with van der Waals surface area (Å²) in [5.41, 5.74) is 3.78. The van der Waals surface area contributed by atoms with Gasteiger partial charge >= 0.3 is 6.09 Å². The molecule has 0 bridgehead atoms. The Morgan fingerprint density at radius 2 is 2.15 bits per heavy atom. The van der Waals surface area contributed by atoms with Gasteiger partial charge in [0, 0.05) is 12.1 Å². The summed E-state index contributed by atoms with van der Waals surface area (Å²) < 4.78 is 0. The molecule has 1 atom stereocenters. The number of benzene rings is 1. The molecule has 0 radical (unpaired) electrons. The minimum Gasteiger partial charge on any atom is -0.465 e. The van der Waals surface area contributed by atoms with E-state index in [1.807, 2.05) is 0 Å². The fourth-order valence-electron chi connectivity index (χ4n) is 2.64. The highest BCUT2D eigenvalue weighted by Crippen LogP contribution is 2.30. The zero-order valence-electron chi connectivity index (χ0n) is 12.5. The van der Waals surface area contributed by atoms with Crippen molar-refractivity contribution in [1.29, 1.82) is 0 Å². The van der Waals surface area contributed by atoms with E-state index in [0.29, 0.717) is 0 Å². The van der Waals surface area contributed by atoms with Gasteiger partial charge in [-0.15, -0.1) is 0 Å². The zero-order valence-corrected chi connectivity index (χ0v) is 12.5. The molecule has 0 saturated heterocycles. The second-order valence-electron chi connectivity index (χ2n) is 6.53. The summed E-state index contributed by atoms with van der Waals surface area (Å²) >= 11 is 0. The third kappa shape index (κ3) is 3.97. The van der Waals surface area contributed by atoms with Crippen molar-refractivity contribution in [1.82, 2.24) is 10.6 Å². The Morgan fingerprint density at radius 3 is 2.80 bits per heavy atom. The first-order chi connectivity index (χ1) is 9.35. The maximum absolute atomic E-state index is 10.8. The third-order valence-electron chi connectivity index (χ3n) is 3.64. The molecular weight excluding hydrogens is 252 g/mol. The van der Waals surface area contributed by atoms with E-state index < -0.39 is 6.09 Å². The highest BCUT2D eigenvalue weighted by atomic mass is 16.4. The van der Waals surface area contributed by atoms with E-state index in [-0.39, 0.29) is 11.6 Å². The number of carboxylic acid groups (broad SMARTS) is 1. The molecule has 1 amide bonds. The second-order valence-corrected chi connectivity index (χ2v) is 6.53. The first-order valence-corrected chi connectivity index (χ1v) is 7.21. The summed E-state index contributed by atoms with van der Waals surface area (Å²) in [7, 11) is 0. The van der Waals surface area contributed by atoms with E-state index >= 15 is 0 Å². The Morgan fingerprint density at radius 1 is 1.40 bits per heavy atom. The van der Waals surface area contributed by atoms with Crippen LogP contribution in [0.5, 0.6) is 0 Å². The van der Waals surface area contributed by atoms with Crippen molar-refractivity contribution in [3.8, 4) is 0 Å². The average molecular weight is 276 g/mol. The molecule has 0 fully saturated rings. The van der Waals surface area contributed by atoms with Crippen LogP contribution < -0.4 is 10.6 Å². The first-order valence-electron chi connectivity index (χ1n) is 7.21. The van der Waals surface area contributed by atoms with Gasteiger partial charge in [-0.1, -0.05) is 18.2 Å². The van der Waals surface area contributed by atoms with Crippen LogP contribution in [0.3, 0.4) is 0 Å². The van der Waals surface area contributed by atoms with Crippen LogP contribution in [0.4, 0.5) is 4.79 Å². The summed E-state index contributed by atoms with van der Waals surface area (Å²) in [6, 6.07) is 6.33. The number of nitrogens with one attached hydrogen (secondary N) is 2. The van der Waals surface area contributed by atoms with Crippen molar-refractivity contribution in [2.45, 2.75) is 58.2 Å². The van der Waals surface area contributed by atoms with Crippen LogP contribution in [0.15, 0.2) is 18.2 Å². The highest BCUT2D eigenvalue weighted by Gasteiger charge is 2.21. The number of hydrogen-bond donors (Lipinski definition) is 3. The standard InChI is InChI=1S/C16H24N2O2/c1-16(2,3)17-10-11-7-8-13-12(9-11)5-4-6-14(13)18-15(19)20/h7-9,14,17-18H,4-6,10H2,1-3H3,(H,19,20). The SMILES string of the molecule is CC(C)(C)NCc1ccc2c(c1)CCCC2NC(=O)O. The molecule has 0 heterocycles. The molecule has 20 heavy (non-hydrogen) atoms. The number of amides is 1. The summed E-state index contributed by atoms with van der Waals surface area (Å²) in [4.78, 5) is 10.8. The van der Waals surface area contributed by atoms with Crippen molar-refractivity contribution in [2.24, 2.45) is 0 Å². The molecule has 3 N–H and O–H groups in total. The molecule has 0 aliphatic heterocycles. The first kappa shape index (κ1) is 14.9. The Labute approximate surface area is 120 Å². The lowest BCUT2D eigenvalue weighted by atomic mass is 9.86. The predicted octanol–water partition coefficient (Wildman–Crippen LogP) is 3.22. The molecule has 1 aliphatic rings. The molecule has 4 heteroatoms. The van der Waals surface area contributed by atoms with Gasteiger partial charge in [-0.2, -0.15) is 0 Å². The summed E-state index contributed by atoms with van der Waals surface area (Å²) in [5, 5.41) is 15.0. The number of rotatable bonds is 3. The highest BCUT2D eigenvalue weighted by molar-refractivity contribution is 5.65. The van der Waals surface area contributed by atoms with E-state index in [2.05, 4.69) is 49.6 Å². The van der Waals surface area contributed by atoms with Crippen LogP contribution in [0, 0.1) is 0 Å². The lowest BCUT2D eigenvalue weighted by Crippen LogP contribution is -2.35. The van der Waals surface area contributed by atoms with Gasteiger partial charge < -0.3 is 15.7 Å². The smallest absolute Gasteiger partial charge is 0.405 e. The summed E-state index contributed by atoms with van der Waals surface area (Å²) in [6.07, 6.45) is 2.02. The van der Waals surface area contributed by atoms with E-state index in [1.165, 1.54) is 11.1 Å². The van der Waals surface area contributed by atoms with Crippen LogP contribution in [-0.4, -0.2) is 16.7 Å². The Balaban J connectivity index is 2.12. The molecular formula is C16H24N2O2. The predicted molar refractivity (Wildman–Crippen MR) is 79.9 cm³/mol. The molecule has 110 valence electrons. The van der Waals surface area contributed by atoms with E-state index in [0.717, 1.165) is 31.4 Å². The van der Waals surface area contributed by atoms with Crippen molar-refractivity contribution in [3.63, 3.8) is 0 Å². The van der Waals surface area contributed by atoms with Gasteiger partial charge in [-0.05, 0) is 56.7 Å². The van der Waals surface area contributed by atoms with Crippen LogP contribution in [0.25, 0.3) is 0 Å². The average Bonchev–Trinajstić information content (AvgIpc) is 2.35. The second kappa shape index (κ2) is 5.83. The van der Waals surface area contributed by atoms with E-state index in [4.69, 9.17) is 5.11 Å². The van der Waals surface area contributed by atoms with Crippen molar-refractivity contribution >= 4 is 6.09 Å². The Bertz CT molecular complexity index is 492. The van der Waals surface area contributed by atoms with Gasteiger partial charge in [0.05, 0.1) is 6.04 Å². The van der Waals surface area contributed by atoms with Gasteiger partial charge in [0.15, 0.2) is 0 Å². The minimum atomic E-state index is -0.943. The number of fused-ring (bicyclic) bond motifs is 1. The summed E-state index contributed by atoms with van der Waals surface area (Å²) in [6.45, 7) is 7.29. The van der Waals surface area contributed by atoms with E-state index in [1.54, 1.807) is 0 Å². The van der Waals surface area contributed by atoms with Crippen LogP contribution in [0.1, 0.15) is 56.3 Å². The molecule has 0 spiro atoms. The Hall–Kier alpha value is -1.55. The quantitative estimate of drug-likeness (QED) is 0.794. The number of hydrogen-bond acceptors (Lipinski definition) is 2.